The Hall–Kier alpha value is -1.82. The van der Waals surface area contributed by atoms with Crippen LogP contribution in [0, 0.1) is 0 Å². The summed E-state index contributed by atoms with van der Waals surface area (Å²) in [6.45, 7) is 2.96. The van der Waals surface area contributed by atoms with Crippen molar-refractivity contribution >= 4 is 17.6 Å². The monoisotopic (exact) mass is 276 g/mol. The molecule has 0 fully saturated rings. The lowest BCUT2D eigenvalue weighted by Gasteiger charge is -2.12. The number of nitrogens with zero attached hydrogens (tertiary/aromatic N) is 3. The molecule has 0 saturated carbocycles. The summed E-state index contributed by atoms with van der Waals surface area (Å²) in [5.41, 5.74) is 0. The molecule has 0 amide bonds. The predicted molar refractivity (Wildman–Crippen MR) is 75.7 cm³/mol. The molecular weight excluding hydrogens is 260 g/mol. The van der Waals surface area contributed by atoms with Gasteiger partial charge in [0.25, 0.3) is 0 Å². The van der Waals surface area contributed by atoms with Crippen LogP contribution in [0.3, 0.4) is 0 Å². The van der Waals surface area contributed by atoms with Gasteiger partial charge >= 0.3 is 0 Å². The molecular formula is C13H16N4OS. The van der Waals surface area contributed by atoms with Gasteiger partial charge in [0.1, 0.15) is 11.4 Å². The van der Waals surface area contributed by atoms with Gasteiger partial charge in [0.15, 0.2) is 11.6 Å². The molecule has 0 aromatic carbocycles. The first kappa shape index (κ1) is 13.6. The van der Waals surface area contributed by atoms with Gasteiger partial charge in [-0.2, -0.15) is 0 Å². The zero-order valence-electron chi connectivity index (χ0n) is 11.0. The van der Waals surface area contributed by atoms with Crippen molar-refractivity contribution in [1.82, 2.24) is 15.0 Å². The summed E-state index contributed by atoms with van der Waals surface area (Å²) >= 11 is 1.53. The quantitative estimate of drug-likeness (QED) is 0.819. The van der Waals surface area contributed by atoms with Gasteiger partial charge in [0, 0.05) is 23.8 Å². The fraction of sp³-hybridized carbons (Fsp3) is 0.308. The molecule has 0 spiro atoms. The van der Waals surface area contributed by atoms with E-state index in [0.717, 1.165) is 28.7 Å². The highest BCUT2D eigenvalue weighted by molar-refractivity contribution is 7.99. The van der Waals surface area contributed by atoms with Gasteiger partial charge in [-0.15, -0.1) is 0 Å². The molecule has 0 aliphatic carbocycles. The maximum Gasteiger partial charge on any atom is 0.194 e. The van der Waals surface area contributed by atoms with Gasteiger partial charge in [0.05, 0.1) is 7.11 Å². The van der Waals surface area contributed by atoms with Crippen LogP contribution in [0.25, 0.3) is 0 Å². The van der Waals surface area contributed by atoms with E-state index in [1.165, 1.54) is 11.8 Å². The van der Waals surface area contributed by atoms with E-state index in [1.807, 2.05) is 12.1 Å². The van der Waals surface area contributed by atoms with E-state index in [-0.39, 0.29) is 0 Å². The van der Waals surface area contributed by atoms with Gasteiger partial charge in [-0.1, -0.05) is 18.7 Å². The molecule has 2 aromatic rings. The highest BCUT2D eigenvalue weighted by Gasteiger charge is 2.12. The zero-order chi connectivity index (χ0) is 13.5. The van der Waals surface area contributed by atoms with E-state index in [0.29, 0.717) is 5.75 Å². The van der Waals surface area contributed by atoms with Crippen LogP contribution in [0.5, 0.6) is 5.75 Å². The average Bonchev–Trinajstić information content (AvgIpc) is 2.46. The third kappa shape index (κ3) is 3.57. The average molecular weight is 276 g/mol. The largest absolute Gasteiger partial charge is 0.490 e. The molecule has 2 heterocycles. The summed E-state index contributed by atoms with van der Waals surface area (Å²) in [7, 11) is 1.63. The number of nitrogens with one attached hydrogen (secondary N) is 1. The van der Waals surface area contributed by atoms with Gasteiger partial charge in [-0.25, -0.2) is 9.97 Å². The van der Waals surface area contributed by atoms with Gasteiger partial charge in [-0.05, 0) is 18.6 Å². The third-order valence-corrected chi connectivity index (χ3v) is 3.37. The summed E-state index contributed by atoms with van der Waals surface area (Å²) < 4.78 is 5.42. The molecule has 100 valence electrons. The van der Waals surface area contributed by atoms with Gasteiger partial charge < -0.3 is 10.1 Å². The van der Waals surface area contributed by atoms with E-state index in [9.17, 15) is 0 Å². The lowest BCUT2D eigenvalue weighted by Crippen LogP contribution is -2.05. The normalized spacial score (nSPS) is 10.2. The topological polar surface area (TPSA) is 59.9 Å². The van der Waals surface area contributed by atoms with E-state index in [4.69, 9.17) is 4.74 Å². The lowest BCUT2D eigenvalue weighted by atomic mass is 10.4. The molecule has 0 aliphatic heterocycles. The third-order valence-electron chi connectivity index (χ3n) is 2.38. The Morgan fingerprint density at radius 1 is 1.26 bits per heavy atom. The number of pyridine rings is 1. The Kier molecular flexibility index (Phi) is 4.97. The predicted octanol–water partition coefficient (Wildman–Crippen LogP) is 2.85. The fourth-order valence-electron chi connectivity index (χ4n) is 1.50. The van der Waals surface area contributed by atoms with Crippen LogP contribution in [0.2, 0.25) is 0 Å². The van der Waals surface area contributed by atoms with Crippen molar-refractivity contribution in [2.45, 2.75) is 23.3 Å². The Morgan fingerprint density at radius 3 is 2.74 bits per heavy atom. The smallest absolute Gasteiger partial charge is 0.194 e. The number of ether oxygens (including phenoxy) is 1. The van der Waals surface area contributed by atoms with Gasteiger partial charge in [-0.3, -0.25) is 4.98 Å². The molecule has 0 saturated heterocycles. The zero-order valence-corrected chi connectivity index (χ0v) is 11.8. The second-order valence-corrected chi connectivity index (χ2v) is 4.83. The molecule has 0 radical (unpaired) electrons. The minimum atomic E-state index is 0.678. The Morgan fingerprint density at radius 2 is 2.05 bits per heavy atom. The number of rotatable bonds is 6. The second kappa shape index (κ2) is 6.94. The standard InChI is InChI=1S/C13H16N4OS/c1-3-6-15-12-11(18-2)13(17-9-16-12)19-10-4-7-14-8-5-10/h4-5,7-9H,3,6H2,1-2H3,(H,15,16,17). The SMILES string of the molecule is CCCNc1ncnc(Sc2ccncc2)c1OC. The Balaban J connectivity index is 2.24. The van der Waals surface area contributed by atoms with Gasteiger partial charge in [0.2, 0.25) is 0 Å². The fourth-order valence-corrected chi connectivity index (χ4v) is 2.36. The highest BCUT2D eigenvalue weighted by Crippen LogP contribution is 2.36. The van der Waals surface area contributed by atoms with Crippen LogP contribution < -0.4 is 10.1 Å². The van der Waals surface area contributed by atoms with Crippen molar-refractivity contribution in [1.29, 1.82) is 0 Å². The van der Waals surface area contributed by atoms with Crippen LogP contribution in [-0.2, 0) is 0 Å². The van der Waals surface area contributed by atoms with Crippen LogP contribution in [-0.4, -0.2) is 28.6 Å². The van der Waals surface area contributed by atoms with Crippen molar-refractivity contribution in [2.24, 2.45) is 0 Å². The molecule has 5 nitrogen and oxygen atoms in total. The van der Waals surface area contributed by atoms with E-state index in [2.05, 4.69) is 27.2 Å². The number of anilines is 1. The summed E-state index contributed by atoms with van der Waals surface area (Å²) in [5, 5.41) is 4.03. The first-order valence-corrected chi connectivity index (χ1v) is 6.87. The number of aromatic nitrogens is 3. The Labute approximate surface area is 116 Å². The van der Waals surface area contributed by atoms with Crippen molar-refractivity contribution in [3.63, 3.8) is 0 Å². The van der Waals surface area contributed by atoms with E-state index < -0.39 is 0 Å². The van der Waals surface area contributed by atoms with E-state index in [1.54, 1.807) is 25.8 Å². The van der Waals surface area contributed by atoms with Crippen molar-refractivity contribution in [2.75, 3.05) is 19.0 Å². The molecule has 0 aliphatic rings. The first-order chi connectivity index (χ1) is 9.35. The molecule has 2 rings (SSSR count). The summed E-state index contributed by atoms with van der Waals surface area (Å²) in [4.78, 5) is 13.6. The maximum atomic E-state index is 5.42. The van der Waals surface area contributed by atoms with E-state index >= 15 is 0 Å². The minimum Gasteiger partial charge on any atom is -0.490 e. The highest BCUT2D eigenvalue weighted by atomic mass is 32.2. The first-order valence-electron chi connectivity index (χ1n) is 6.06. The summed E-state index contributed by atoms with van der Waals surface area (Å²) in [6.07, 6.45) is 6.09. The van der Waals surface area contributed by atoms with Crippen LogP contribution in [0.1, 0.15) is 13.3 Å². The molecule has 2 aromatic heterocycles. The maximum absolute atomic E-state index is 5.42. The van der Waals surface area contributed by atoms with Crippen LogP contribution in [0.4, 0.5) is 5.82 Å². The molecule has 6 heteroatoms. The minimum absolute atomic E-state index is 0.678. The molecule has 19 heavy (non-hydrogen) atoms. The van der Waals surface area contributed by atoms with Crippen LogP contribution >= 0.6 is 11.8 Å². The second-order valence-electron chi connectivity index (χ2n) is 3.77. The number of hydrogen-bond acceptors (Lipinski definition) is 6. The Bertz CT molecular complexity index is 521. The molecule has 0 bridgehead atoms. The summed E-state index contributed by atoms with van der Waals surface area (Å²) in [5.74, 6) is 1.41. The number of hydrogen-bond donors (Lipinski definition) is 1. The van der Waals surface area contributed by atoms with Crippen LogP contribution in [0.15, 0.2) is 40.8 Å². The summed E-state index contributed by atoms with van der Waals surface area (Å²) in [6, 6.07) is 3.87. The lowest BCUT2D eigenvalue weighted by molar-refractivity contribution is 0.400. The molecule has 0 atom stereocenters. The molecule has 0 unspecified atom stereocenters. The van der Waals surface area contributed by atoms with Crippen molar-refractivity contribution in [3.05, 3.63) is 30.9 Å². The number of methoxy groups -OCH3 is 1. The van der Waals surface area contributed by atoms with Crippen molar-refractivity contribution < 1.29 is 4.74 Å². The van der Waals surface area contributed by atoms with Crippen molar-refractivity contribution in [3.8, 4) is 5.75 Å². The molecule has 1 N–H and O–H groups in total.